The molecule has 0 N–H and O–H groups in total. The Balaban J connectivity index is 1.53. The summed E-state index contributed by atoms with van der Waals surface area (Å²) in [5.41, 5.74) is 9.00. The molecule has 3 aliphatic rings. The van der Waals surface area contributed by atoms with Gasteiger partial charge in [-0.15, -0.1) is 11.2 Å². The molecule has 0 spiro atoms. The third-order valence-corrected chi connectivity index (χ3v) is 7.17. The van der Waals surface area contributed by atoms with Gasteiger partial charge in [0.05, 0.1) is 21.3 Å². The van der Waals surface area contributed by atoms with E-state index in [0.29, 0.717) is 23.2 Å². The van der Waals surface area contributed by atoms with E-state index in [-0.39, 0.29) is 0 Å². The molecular weight excluding hydrogens is 395 g/mol. The van der Waals surface area contributed by atoms with Crippen molar-refractivity contribution in [1.82, 2.24) is 0 Å². The molecule has 4 heteroatoms. The average molecular weight is 431 g/mol. The Bertz CT molecular complexity index is 905. The molecule has 1 aliphatic heterocycles. The van der Waals surface area contributed by atoms with Gasteiger partial charge in [0.15, 0.2) is 18.8 Å². The van der Waals surface area contributed by atoms with Gasteiger partial charge in [-0.2, -0.15) is 0 Å². The minimum absolute atomic E-state index is 0.454. The summed E-state index contributed by atoms with van der Waals surface area (Å²) in [5.74, 6) is 3.42. The molecule has 1 aromatic rings. The molecule has 32 heavy (non-hydrogen) atoms. The van der Waals surface area contributed by atoms with Crippen LogP contribution in [-0.2, 0) is 0 Å². The summed E-state index contributed by atoms with van der Waals surface area (Å²) in [5, 5.41) is 0. The molecule has 1 fully saturated rings. The first-order valence-electron chi connectivity index (χ1n) is 12.2. The van der Waals surface area contributed by atoms with Crippen LogP contribution in [0.3, 0.4) is 0 Å². The van der Waals surface area contributed by atoms with Crippen molar-refractivity contribution in [2.75, 3.05) is 21.3 Å². The minimum atomic E-state index is 0.454. The SMILES string of the molecule is COc1cc(C2=CCC=C3[B]C(CCC4CCCCC4)=C=CC(C3)C2)cc(OC)c1OC. The lowest BCUT2D eigenvalue weighted by Gasteiger charge is -2.22. The van der Waals surface area contributed by atoms with Crippen molar-refractivity contribution in [1.29, 1.82) is 0 Å². The van der Waals surface area contributed by atoms with E-state index in [0.717, 1.165) is 30.7 Å². The fourth-order valence-corrected chi connectivity index (χ4v) is 5.38. The maximum Gasteiger partial charge on any atom is 0.203 e. The largest absolute Gasteiger partial charge is 0.493 e. The summed E-state index contributed by atoms with van der Waals surface area (Å²) in [6.07, 6.45) is 19.7. The zero-order valence-electron chi connectivity index (χ0n) is 19.9. The molecule has 1 saturated carbocycles. The van der Waals surface area contributed by atoms with E-state index in [1.807, 2.05) is 0 Å². The van der Waals surface area contributed by atoms with Crippen LogP contribution in [-0.4, -0.2) is 28.6 Å². The van der Waals surface area contributed by atoms with Crippen molar-refractivity contribution < 1.29 is 14.2 Å². The van der Waals surface area contributed by atoms with Crippen LogP contribution >= 0.6 is 0 Å². The van der Waals surface area contributed by atoms with Crippen LogP contribution in [0.2, 0.25) is 0 Å². The summed E-state index contributed by atoms with van der Waals surface area (Å²) in [6, 6.07) is 4.13. The number of methoxy groups -OCH3 is 3. The number of fused-ring (bicyclic) bond motifs is 2. The van der Waals surface area contributed by atoms with E-state index in [1.54, 1.807) is 21.3 Å². The van der Waals surface area contributed by atoms with Gasteiger partial charge in [-0.1, -0.05) is 49.7 Å². The number of hydrogen-bond acceptors (Lipinski definition) is 3. The first kappa shape index (κ1) is 22.9. The average Bonchev–Trinajstić information content (AvgIpc) is 3.03. The Morgan fingerprint density at radius 2 is 1.69 bits per heavy atom. The molecule has 0 amide bonds. The number of benzene rings is 1. The van der Waals surface area contributed by atoms with Crippen LogP contribution in [0.25, 0.3) is 5.57 Å². The molecule has 1 heterocycles. The zero-order chi connectivity index (χ0) is 22.3. The standard InChI is InChI=1S/C28H36BO3/c1-30-26-18-23(19-27(31-2)28(26)32-3)22-10-7-11-25-17-21(16-22)13-15-24(29-25)14-12-20-8-5-4-6-9-20/h10-11,13,18-21H,4-9,12,14,16-17H2,1-3H3. The van der Waals surface area contributed by atoms with Crippen LogP contribution in [0.5, 0.6) is 17.2 Å². The van der Waals surface area contributed by atoms with E-state index >= 15 is 0 Å². The van der Waals surface area contributed by atoms with E-state index in [9.17, 15) is 0 Å². The molecule has 0 aromatic heterocycles. The maximum absolute atomic E-state index is 5.59. The van der Waals surface area contributed by atoms with Crippen LogP contribution in [0.4, 0.5) is 0 Å². The fourth-order valence-electron chi connectivity index (χ4n) is 5.38. The lowest BCUT2D eigenvalue weighted by atomic mass is 9.59. The highest BCUT2D eigenvalue weighted by Crippen LogP contribution is 2.42. The molecule has 1 atom stereocenters. The summed E-state index contributed by atoms with van der Waals surface area (Å²) >= 11 is 0. The zero-order valence-corrected chi connectivity index (χ0v) is 19.9. The molecular formula is C28H36BO3. The van der Waals surface area contributed by atoms with Gasteiger partial charge in [-0.3, -0.25) is 0 Å². The first-order valence-corrected chi connectivity index (χ1v) is 12.2. The quantitative estimate of drug-likeness (QED) is 0.347. The van der Waals surface area contributed by atoms with Gasteiger partial charge >= 0.3 is 0 Å². The molecule has 2 bridgehead atoms. The minimum Gasteiger partial charge on any atom is -0.493 e. The normalized spacial score (nSPS) is 21.2. The number of allylic oxidation sites excluding steroid dienone is 5. The number of rotatable bonds is 7. The second-order valence-electron chi connectivity index (χ2n) is 9.35. The molecule has 1 unspecified atom stereocenters. The monoisotopic (exact) mass is 431 g/mol. The van der Waals surface area contributed by atoms with E-state index in [1.165, 1.54) is 61.5 Å². The highest BCUT2D eigenvalue weighted by molar-refractivity contribution is 6.53. The summed E-state index contributed by atoms with van der Waals surface area (Å²) in [7, 11) is 7.41. The number of hydrogen-bond donors (Lipinski definition) is 0. The number of ether oxygens (including phenoxy) is 3. The second kappa shape index (κ2) is 11.0. The van der Waals surface area contributed by atoms with Gasteiger partial charge in [0.1, 0.15) is 0 Å². The van der Waals surface area contributed by atoms with Crippen molar-refractivity contribution >= 4 is 12.9 Å². The summed E-state index contributed by atoms with van der Waals surface area (Å²) in [4.78, 5) is 0. The van der Waals surface area contributed by atoms with Crippen molar-refractivity contribution in [3.05, 3.63) is 52.6 Å². The van der Waals surface area contributed by atoms with Gasteiger partial charge < -0.3 is 14.2 Å². The Labute approximate surface area is 194 Å². The first-order chi connectivity index (χ1) is 15.7. The van der Waals surface area contributed by atoms with E-state index in [4.69, 9.17) is 14.2 Å². The molecule has 2 aliphatic carbocycles. The van der Waals surface area contributed by atoms with Crippen molar-refractivity contribution in [3.8, 4) is 17.2 Å². The molecule has 1 radical (unpaired) electrons. The Hall–Kier alpha value is -2.32. The molecule has 1 aromatic carbocycles. The predicted molar refractivity (Wildman–Crippen MR) is 133 cm³/mol. The van der Waals surface area contributed by atoms with E-state index < -0.39 is 0 Å². The maximum atomic E-state index is 5.59. The molecule has 0 saturated heterocycles. The molecule has 169 valence electrons. The van der Waals surface area contributed by atoms with Crippen LogP contribution in [0.1, 0.15) is 69.8 Å². The third-order valence-electron chi connectivity index (χ3n) is 7.17. The molecule has 4 rings (SSSR count). The summed E-state index contributed by atoms with van der Waals surface area (Å²) in [6.45, 7) is 0. The Kier molecular flexibility index (Phi) is 7.87. The van der Waals surface area contributed by atoms with Crippen molar-refractivity contribution in [2.24, 2.45) is 11.8 Å². The fraction of sp³-hybridized carbons (Fsp3) is 0.536. The smallest absolute Gasteiger partial charge is 0.203 e. The Morgan fingerprint density at radius 3 is 2.38 bits per heavy atom. The van der Waals surface area contributed by atoms with Crippen molar-refractivity contribution in [2.45, 2.75) is 64.2 Å². The van der Waals surface area contributed by atoms with Crippen LogP contribution in [0.15, 0.2) is 47.0 Å². The summed E-state index contributed by atoms with van der Waals surface area (Å²) < 4.78 is 16.7. The second-order valence-corrected chi connectivity index (χ2v) is 9.35. The molecule has 3 nitrogen and oxygen atoms in total. The Morgan fingerprint density at radius 1 is 0.938 bits per heavy atom. The lowest BCUT2D eigenvalue weighted by molar-refractivity contribution is 0.324. The van der Waals surface area contributed by atoms with Gasteiger partial charge in [-0.05, 0) is 73.3 Å². The highest BCUT2D eigenvalue weighted by Gasteiger charge is 2.21. The highest BCUT2D eigenvalue weighted by atomic mass is 16.5. The van der Waals surface area contributed by atoms with Crippen molar-refractivity contribution in [3.63, 3.8) is 0 Å². The van der Waals surface area contributed by atoms with Gasteiger partial charge in [0.25, 0.3) is 0 Å². The van der Waals surface area contributed by atoms with Gasteiger partial charge in [-0.25, -0.2) is 0 Å². The third kappa shape index (κ3) is 5.53. The van der Waals surface area contributed by atoms with Gasteiger partial charge in [0.2, 0.25) is 5.75 Å². The van der Waals surface area contributed by atoms with E-state index in [2.05, 4.69) is 43.4 Å². The lowest BCUT2D eigenvalue weighted by Crippen LogP contribution is -2.09. The predicted octanol–water partition coefficient (Wildman–Crippen LogP) is 6.90. The topological polar surface area (TPSA) is 27.7 Å². The van der Waals surface area contributed by atoms with Gasteiger partial charge in [0, 0.05) is 0 Å². The van der Waals surface area contributed by atoms with Crippen LogP contribution < -0.4 is 14.2 Å². The van der Waals surface area contributed by atoms with Crippen LogP contribution in [0, 0.1) is 11.8 Å².